The largest absolute Gasteiger partial charge is 0.465 e. The highest BCUT2D eigenvalue weighted by Crippen LogP contribution is 2.22. The topological polar surface area (TPSA) is 67.6 Å². The molecule has 2 heterocycles. The van der Waals surface area contributed by atoms with Gasteiger partial charge in [0, 0.05) is 23.7 Å². The molecule has 0 aliphatic carbocycles. The van der Waals surface area contributed by atoms with Gasteiger partial charge in [-0.3, -0.25) is 4.79 Å². The van der Waals surface area contributed by atoms with Crippen LogP contribution in [0.4, 0.5) is 0 Å². The van der Waals surface area contributed by atoms with Crippen LogP contribution in [0.3, 0.4) is 0 Å². The maximum Gasteiger partial charge on any atom is 0.247 e. The Morgan fingerprint density at radius 3 is 2.80 bits per heavy atom. The van der Waals surface area contributed by atoms with E-state index in [9.17, 15) is 13.2 Å². The fourth-order valence-electron chi connectivity index (χ4n) is 2.88. The van der Waals surface area contributed by atoms with Crippen LogP contribution in [0.5, 0.6) is 0 Å². The monoisotopic (exact) mass is 379 g/mol. The van der Waals surface area contributed by atoms with Crippen LogP contribution >= 0.6 is 11.6 Å². The summed E-state index contributed by atoms with van der Waals surface area (Å²) in [5.74, 6) is 0.417. The lowest BCUT2D eigenvalue weighted by molar-refractivity contribution is -0.128. The first-order valence-corrected chi connectivity index (χ1v) is 10.1. The Bertz CT molecular complexity index is 874. The summed E-state index contributed by atoms with van der Waals surface area (Å²) in [6, 6.07) is 10.4. The second kappa shape index (κ2) is 7.45. The van der Waals surface area contributed by atoms with Crippen LogP contribution in [-0.4, -0.2) is 36.8 Å². The number of benzene rings is 1. The van der Waals surface area contributed by atoms with Crippen LogP contribution in [0.15, 0.2) is 53.2 Å². The maximum atomic E-state index is 12.7. The molecule has 1 fully saturated rings. The number of hydrogen-bond donors (Lipinski definition) is 0. The zero-order chi connectivity index (χ0) is 17.9. The number of nitrogens with zero attached hydrogens (tertiary/aromatic N) is 1. The summed E-state index contributed by atoms with van der Waals surface area (Å²) in [6.07, 6.45) is 4.96. The van der Waals surface area contributed by atoms with E-state index in [0.29, 0.717) is 23.7 Å². The summed E-state index contributed by atoms with van der Waals surface area (Å²) < 4.78 is 28.8. The van der Waals surface area contributed by atoms with Crippen molar-refractivity contribution in [1.29, 1.82) is 0 Å². The molecule has 0 spiro atoms. The average Bonchev–Trinajstić information content (AvgIpc) is 3.19. The van der Waals surface area contributed by atoms with Gasteiger partial charge >= 0.3 is 0 Å². The summed E-state index contributed by atoms with van der Waals surface area (Å²) >= 11 is 6.02. The van der Waals surface area contributed by atoms with Crippen LogP contribution in [0, 0.1) is 0 Å². The number of carbonyl (C=O) groups excluding carboxylic acids is 1. The molecule has 25 heavy (non-hydrogen) atoms. The van der Waals surface area contributed by atoms with Crippen molar-refractivity contribution in [3.05, 3.63) is 65.1 Å². The smallest absolute Gasteiger partial charge is 0.247 e. The van der Waals surface area contributed by atoms with Gasteiger partial charge in [-0.1, -0.05) is 23.7 Å². The molecule has 0 radical (unpaired) electrons. The highest BCUT2D eigenvalue weighted by molar-refractivity contribution is 7.91. The van der Waals surface area contributed by atoms with Crippen molar-refractivity contribution in [3.8, 4) is 0 Å². The van der Waals surface area contributed by atoms with E-state index in [1.807, 2.05) is 12.1 Å². The Morgan fingerprint density at radius 2 is 2.16 bits per heavy atom. The Morgan fingerprint density at radius 1 is 1.32 bits per heavy atom. The Hall–Kier alpha value is -2.05. The van der Waals surface area contributed by atoms with Crippen molar-refractivity contribution >= 4 is 33.4 Å². The lowest BCUT2D eigenvalue weighted by Gasteiger charge is -2.27. The fraction of sp³-hybridized carbons (Fsp3) is 0.278. The number of halogens is 1. The number of amides is 1. The van der Waals surface area contributed by atoms with Gasteiger partial charge in [0.1, 0.15) is 5.76 Å². The van der Waals surface area contributed by atoms with Crippen molar-refractivity contribution in [2.75, 3.05) is 11.5 Å². The zero-order valence-electron chi connectivity index (χ0n) is 13.5. The third-order valence-electron chi connectivity index (χ3n) is 4.11. The maximum absolute atomic E-state index is 12.7. The van der Waals surface area contributed by atoms with Gasteiger partial charge in [-0.2, -0.15) is 0 Å². The third kappa shape index (κ3) is 4.74. The normalized spacial score (nSPS) is 19.3. The first kappa shape index (κ1) is 17.8. The number of rotatable bonds is 5. The molecule has 5 nitrogen and oxygen atoms in total. The number of furan rings is 1. The summed E-state index contributed by atoms with van der Waals surface area (Å²) in [5, 5.41) is 0.579. The molecule has 7 heteroatoms. The SMILES string of the molecule is O=C(/C=C/c1ccco1)N(Cc1cccc(Cl)c1)[C@@H]1CCS(=O)(=O)C1. The number of carbonyl (C=O) groups is 1. The standard InChI is InChI=1S/C18H18ClNO4S/c19-15-4-1-3-14(11-15)12-20(16-8-10-25(22,23)13-16)18(21)7-6-17-5-2-9-24-17/h1-7,9,11,16H,8,10,12-13H2/b7-6+/t16-/m1/s1. The second-order valence-electron chi connectivity index (χ2n) is 6.00. The van der Waals surface area contributed by atoms with E-state index < -0.39 is 9.84 Å². The zero-order valence-corrected chi connectivity index (χ0v) is 15.0. The molecule has 2 aromatic rings. The minimum atomic E-state index is -3.10. The molecule has 0 bridgehead atoms. The van der Waals surface area contributed by atoms with Crippen molar-refractivity contribution in [2.45, 2.75) is 19.0 Å². The van der Waals surface area contributed by atoms with Gasteiger partial charge in [-0.05, 0) is 42.3 Å². The quantitative estimate of drug-likeness (QED) is 0.748. The van der Waals surface area contributed by atoms with E-state index in [2.05, 4.69) is 0 Å². The van der Waals surface area contributed by atoms with Gasteiger partial charge in [-0.25, -0.2) is 8.42 Å². The first-order valence-electron chi connectivity index (χ1n) is 7.90. The number of sulfone groups is 1. The summed E-state index contributed by atoms with van der Waals surface area (Å²) in [6.45, 7) is 0.308. The molecule has 1 aromatic heterocycles. The number of hydrogen-bond acceptors (Lipinski definition) is 4. The van der Waals surface area contributed by atoms with E-state index in [1.54, 1.807) is 35.2 Å². The molecule has 0 unspecified atom stereocenters. The third-order valence-corrected chi connectivity index (χ3v) is 6.09. The molecule has 0 saturated carbocycles. The van der Waals surface area contributed by atoms with Gasteiger partial charge in [0.2, 0.25) is 5.91 Å². The van der Waals surface area contributed by atoms with Crippen LogP contribution in [-0.2, 0) is 21.2 Å². The van der Waals surface area contributed by atoms with Gasteiger partial charge in [0.15, 0.2) is 9.84 Å². The highest BCUT2D eigenvalue weighted by Gasteiger charge is 2.34. The molecule has 0 N–H and O–H groups in total. The first-order chi connectivity index (χ1) is 11.9. The predicted octanol–water partition coefficient (Wildman–Crippen LogP) is 3.16. The van der Waals surface area contributed by atoms with E-state index in [1.165, 1.54) is 12.3 Å². The van der Waals surface area contributed by atoms with Gasteiger partial charge < -0.3 is 9.32 Å². The molecular weight excluding hydrogens is 362 g/mol. The molecular formula is C18H18ClNO4S. The highest BCUT2D eigenvalue weighted by atomic mass is 35.5. The minimum Gasteiger partial charge on any atom is -0.465 e. The van der Waals surface area contributed by atoms with Crippen molar-refractivity contribution < 1.29 is 17.6 Å². The predicted molar refractivity (Wildman–Crippen MR) is 96.8 cm³/mol. The summed E-state index contributed by atoms with van der Waals surface area (Å²) in [7, 11) is -3.10. The molecule has 1 amide bonds. The molecule has 3 rings (SSSR count). The Labute approximate surface area is 151 Å². The molecule has 1 aliphatic rings. The van der Waals surface area contributed by atoms with Crippen LogP contribution in [0.25, 0.3) is 6.08 Å². The lowest BCUT2D eigenvalue weighted by Crippen LogP contribution is -2.39. The van der Waals surface area contributed by atoms with Gasteiger partial charge in [0.05, 0.1) is 17.8 Å². The van der Waals surface area contributed by atoms with E-state index in [-0.39, 0.29) is 23.5 Å². The van der Waals surface area contributed by atoms with Crippen molar-refractivity contribution in [2.24, 2.45) is 0 Å². The average molecular weight is 380 g/mol. The fourth-order valence-corrected chi connectivity index (χ4v) is 4.82. The van der Waals surface area contributed by atoms with E-state index >= 15 is 0 Å². The second-order valence-corrected chi connectivity index (χ2v) is 8.67. The van der Waals surface area contributed by atoms with Crippen LogP contribution < -0.4 is 0 Å². The molecule has 1 aromatic carbocycles. The van der Waals surface area contributed by atoms with Crippen molar-refractivity contribution in [3.63, 3.8) is 0 Å². The minimum absolute atomic E-state index is 0.00605. The lowest BCUT2D eigenvalue weighted by atomic mass is 10.1. The van der Waals surface area contributed by atoms with Gasteiger partial charge in [-0.15, -0.1) is 0 Å². The van der Waals surface area contributed by atoms with Crippen LogP contribution in [0.2, 0.25) is 5.02 Å². The Balaban J connectivity index is 1.82. The van der Waals surface area contributed by atoms with E-state index in [4.69, 9.17) is 16.0 Å². The van der Waals surface area contributed by atoms with Gasteiger partial charge in [0.25, 0.3) is 0 Å². The van der Waals surface area contributed by atoms with E-state index in [0.717, 1.165) is 5.56 Å². The Kier molecular flexibility index (Phi) is 5.30. The molecule has 132 valence electrons. The molecule has 1 saturated heterocycles. The molecule has 1 atom stereocenters. The summed E-state index contributed by atoms with van der Waals surface area (Å²) in [5.41, 5.74) is 0.858. The molecule has 1 aliphatic heterocycles. The van der Waals surface area contributed by atoms with Crippen molar-refractivity contribution in [1.82, 2.24) is 4.90 Å². The van der Waals surface area contributed by atoms with Crippen LogP contribution in [0.1, 0.15) is 17.7 Å². The summed E-state index contributed by atoms with van der Waals surface area (Å²) in [4.78, 5) is 14.3.